The van der Waals surface area contributed by atoms with Crippen molar-refractivity contribution in [3.05, 3.63) is 52.8 Å². The molecular weight excluding hydrogens is 250 g/mol. The van der Waals surface area contributed by atoms with Crippen LogP contribution in [0.15, 0.2) is 30.3 Å². The Kier molecular flexibility index (Phi) is 4.69. The summed E-state index contributed by atoms with van der Waals surface area (Å²) in [4.78, 5) is 12.3. The Hall–Kier alpha value is -1.94. The van der Waals surface area contributed by atoms with Gasteiger partial charge in [0.05, 0.1) is 12.1 Å². The van der Waals surface area contributed by atoms with E-state index < -0.39 is 0 Å². The molecule has 0 unspecified atom stereocenters. The summed E-state index contributed by atoms with van der Waals surface area (Å²) in [6, 6.07) is 9.71. The maximum atomic E-state index is 12.3. The van der Waals surface area contributed by atoms with Gasteiger partial charge in [-0.25, -0.2) is 0 Å². The number of Topliss-reactive ketones (excluding diaryl/α,β-unsaturated/α-hetero) is 1. The van der Waals surface area contributed by atoms with Crippen molar-refractivity contribution in [1.82, 2.24) is 9.78 Å². The van der Waals surface area contributed by atoms with Crippen LogP contribution in [-0.2, 0) is 26.3 Å². The number of nitrogens with zero attached hydrogens (tertiary/aromatic N) is 2. The molecule has 0 saturated heterocycles. The fraction of sp³-hybridized carbons (Fsp3) is 0.375. The van der Waals surface area contributed by atoms with Crippen molar-refractivity contribution >= 4 is 5.78 Å². The van der Waals surface area contributed by atoms with Crippen LogP contribution in [0.5, 0.6) is 0 Å². The van der Waals surface area contributed by atoms with Crippen molar-refractivity contribution in [2.24, 2.45) is 12.8 Å². The Morgan fingerprint density at radius 1 is 1.30 bits per heavy atom. The highest BCUT2D eigenvalue weighted by molar-refractivity contribution is 5.97. The summed E-state index contributed by atoms with van der Waals surface area (Å²) < 4.78 is 1.79. The molecule has 20 heavy (non-hydrogen) atoms. The maximum Gasteiger partial charge on any atom is 0.168 e. The van der Waals surface area contributed by atoms with E-state index in [9.17, 15) is 4.79 Å². The van der Waals surface area contributed by atoms with Gasteiger partial charge in [0.25, 0.3) is 0 Å². The van der Waals surface area contributed by atoms with Crippen LogP contribution in [0.25, 0.3) is 0 Å². The Balaban J connectivity index is 2.09. The average molecular weight is 271 g/mol. The highest BCUT2D eigenvalue weighted by Gasteiger charge is 2.11. The van der Waals surface area contributed by atoms with Gasteiger partial charge in [-0.1, -0.05) is 31.2 Å². The zero-order valence-electron chi connectivity index (χ0n) is 12.1. The van der Waals surface area contributed by atoms with E-state index in [2.05, 4.69) is 12.0 Å². The first-order chi connectivity index (χ1) is 9.63. The van der Waals surface area contributed by atoms with Gasteiger partial charge in [-0.15, -0.1) is 0 Å². The number of ketones is 1. The minimum Gasteiger partial charge on any atom is -0.330 e. The van der Waals surface area contributed by atoms with Gasteiger partial charge >= 0.3 is 0 Å². The molecule has 0 aliphatic heterocycles. The standard InChI is InChI=1S/C16H21N3O/c1-3-14-10-15(19(2)18-14)11-16(20)13-6-4-12(5-7-13)8-9-17/h4-7,10H,3,8-9,11,17H2,1-2H3. The number of aryl methyl sites for hydroxylation is 2. The van der Waals surface area contributed by atoms with Crippen molar-refractivity contribution in [1.29, 1.82) is 0 Å². The number of rotatable bonds is 6. The number of nitrogens with two attached hydrogens (primary N) is 1. The summed E-state index contributed by atoms with van der Waals surface area (Å²) in [5, 5.41) is 4.36. The van der Waals surface area contributed by atoms with Gasteiger partial charge in [-0.3, -0.25) is 9.48 Å². The summed E-state index contributed by atoms with van der Waals surface area (Å²) in [5.74, 6) is 0.120. The third-order valence-corrected chi connectivity index (χ3v) is 3.44. The summed E-state index contributed by atoms with van der Waals surface area (Å²) in [7, 11) is 1.88. The summed E-state index contributed by atoms with van der Waals surface area (Å²) >= 11 is 0. The molecule has 1 aromatic carbocycles. The smallest absolute Gasteiger partial charge is 0.168 e. The summed E-state index contributed by atoms with van der Waals surface area (Å²) in [6.45, 7) is 2.69. The molecule has 0 atom stereocenters. The zero-order chi connectivity index (χ0) is 14.5. The topological polar surface area (TPSA) is 60.9 Å². The third kappa shape index (κ3) is 3.33. The quantitative estimate of drug-likeness (QED) is 0.816. The molecule has 2 aromatic rings. The number of hydrogen-bond donors (Lipinski definition) is 1. The molecule has 2 N–H and O–H groups in total. The summed E-state index contributed by atoms with van der Waals surface area (Å²) in [5.41, 5.74) is 9.40. The van der Waals surface area contributed by atoms with Gasteiger partial charge in [0.1, 0.15) is 0 Å². The molecule has 106 valence electrons. The van der Waals surface area contributed by atoms with Gasteiger partial charge < -0.3 is 5.73 Å². The lowest BCUT2D eigenvalue weighted by atomic mass is 10.0. The first-order valence-corrected chi connectivity index (χ1v) is 6.98. The third-order valence-electron chi connectivity index (χ3n) is 3.44. The van der Waals surface area contributed by atoms with E-state index in [0.29, 0.717) is 13.0 Å². The van der Waals surface area contributed by atoms with Crippen LogP contribution in [-0.4, -0.2) is 22.1 Å². The predicted octanol–water partition coefficient (Wildman–Crippen LogP) is 1.91. The second-order valence-electron chi connectivity index (χ2n) is 4.94. The molecule has 0 aliphatic rings. The van der Waals surface area contributed by atoms with E-state index in [-0.39, 0.29) is 5.78 Å². The molecule has 1 heterocycles. The Bertz CT molecular complexity index is 584. The van der Waals surface area contributed by atoms with Crippen LogP contribution >= 0.6 is 0 Å². The molecule has 4 nitrogen and oxygen atoms in total. The average Bonchev–Trinajstić information content (AvgIpc) is 2.80. The van der Waals surface area contributed by atoms with Crippen LogP contribution in [0.4, 0.5) is 0 Å². The van der Waals surface area contributed by atoms with E-state index in [1.807, 2.05) is 37.4 Å². The second kappa shape index (κ2) is 6.48. The van der Waals surface area contributed by atoms with E-state index in [1.54, 1.807) is 4.68 Å². The van der Waals surface area contributed by atoms with Gasteiger partial charge in [-0.2, -0.15) is 5.10 Å². The lowest BCUT2D eigenvalue weighted by Crippen LogP contribution is -2.08. The van der Waals surface area contributed by atoms with E-state index in [4.69, 9.17) is 5.73 Å². The lowest BCUT2D eigenvalue weighted by Gasteiger charge is -2.03. The molecule has 0 radical (unpaired) electrons. The molecule has 1 aromatic heterocycles. The van der Waals surface area contributed by atoms with Crippen LogP contribution in [0, 0.1) is 0 Å². The predicted molar refractivity (Wildman–Crippen MR) is 79.8 cm³/mol. The zero-order valence-corrected chi connectivity index (χ0v) is 12.1. The number of carbonyl (C=O) groups is 1. The molecular formula is C16H21N3O. The van der Waals surface area contributed by atoms with Crippen LogP contribution in [0.1, 0.15) is 34.2 Å². The SMILES string of the molecule is CCc1cc(CC(=O)c2ccc(CCN)cc2)n(C)n1. The highest BCUT2D eigenvalue weighted by atomic mass is 16.1. The molecule has 0 spiro atoms. The highest BCUT2D eigenvalue weighted by Crippen LogP contribution is 2.11. The molecule has 0 amide bonds. The Labute approximate surface area is 119 Å². The van der Waals surface area contributed by atoms with Gasteiger partial charge in [0.2, 0.25) is 0 Å². The molecule has 0 aliphatic carbocycles. The molecule has 4 heteroatoms. The van der Waals surface area contributed by atoms with Crippen LogP contribution < -0.4 is 5.73 Å². The van der Waals surface area contributed by atoms with Gasteiger partial charge in [0.15, 0.2) is 5.78 Å². The Morgan fingerprint density at radius 3 is 2.55 bits per heavy atom. The van der Waals surface area contributed by atoms with Crippen molar-refractivity contribution in [3.63, 3.8) is 0 Å². The van der Waals surface area contributed by atoms with Crippen LogP contribution in [0.2, 0.25) is 0 Å². The van der Waals surface area contributed by atoms with Crippen molar-refractivity contribution in [2.45, 2.75) is 26.2 Å². The monoisotopic (exact) mass is 271 g/mol. The first-order valence-electron chi connectivity index (χ1n) is 6.98. The molecule has 0 fully saturated rings. The van der Waals surface area contributed by atoms with Crippen molar-refractivity contribution < 1.29 is 4.79 Å². The van der Waals surface area contributed by atoms with E-state index in [0.717, 1.165) is 35.4 Å². The van der Waals surface area contributed by atoms with Gasteiger partial charge in [0, 0.05) is 18.3 Å². The number of carbonyl (C=O) groups excluding carboxylic acids is 1. The molecule has 0 bridgehead atoms. The normalized spacial score (nSPS) is 10.8. The fourth-order valence-corrected chi connectivity index (χ4v) is 2.20. The van der Waals surface area contributed by atoms with E-state index in [1.165, 1.54) is 0 Å². The lowest BCUT2D eigenvalue weighted by molar-refractivity contribution is 0.0990. The number of aromatic nitrogens is 2. The van der Waals surface area contributed by atoms with E-state index >= 15 is 0 Å². The minimum absolute atomic E-state index is 0.120. The summed E-state index contributed by atoms with van der Waals surface area (Å²) in [6.07, 6.45) is 2.12. The largest absolute Gasteiger partial charge is 0.330 e. The fourth-order valence-electron chi connectivity index (χ4n) is 2.20. The van der Waals surface area contributed by atoms with Crippen molar-refractivity contribution in [2.75, 3.05) is 6.54 Å². The van der Waals surface area contributed by atoms with Gasteiger partial charge in [-0.05, 0) is 31.0 Å². The second-order valence-corrected chi connectivity index (χ2v) is 4.94. The molecule has 0 saturated carbocycles. The Morgan fingerprint density at radius 2 is 2.00 bits per heavy atom. The minimum atomic E-state index is 0.120. The number of benzene rings is 1. The molecule has 2 rings (SSSR count). The maximum absolute atomic E-state index is 12.3. The first kappa shape index (κ1) is 14.5. The van der Waals surface area contributed by atoms with Crippen molar-refractivity contribution in [3.8, 4) is 0 Å². The number of hydrogen-bond acceptors (Lipinski definition) is 3. The van der Waals surface area contributed by atoms with Crippen LogP contribution in [0.3, 0.4) is 0 Å².